The molecule has 0 atom stereocenters. The van der Waals surface area contributed by atoms with Crippen molar-refractivity contribution in [3.63, 3.8) is 0 Å². The van der Waals surface area contributed by atoms with E-state index in [1.54, 1.807) is 12.1 Å². The van der Waals surface area contributed by atoms with Crippen LogP contribution in [0.5, 0.6) is 0 Å². The number of carbonyl (C=O) groups excluding carboxylic acids is 1. The summed E-state index contributed by atoms with van der Waals surface area (Å²) in [7, 11) is 1.33. The van der Waals surface area contributed by atoms with Gasteiger partial charge in [-0.05, 0) is 55.1 Å². The zero-order valence-corrected chi connectivity index (χ0v) is 20.6. The predicted molar refractivity (Wildman–Crippen MR) is 122 cm³/mol. The fourth-order valence-electron chi connectivity index (χ4n) is 1.96. The smallest absolute Gasteiger partial charge is 0.283 e. The second kappa shape index (κ2) is 11.7. The van der Waals surface area contributed by atoms with Gasteiger partial charge in [-0.25, -0.2) is 8.42 Å². The third-order valence-electron chi connectivity index (χ3n) is 3.20. The summed E-state index contributed by atoms with van der Waals surface area (Å²) in [5.74, 6) is 0.0339. The van der Waals surface area contributed by atoms with Gasteiger partial charge in [0.2, 0.25) is 9.05 Å². The van der Waals surface area contributed by atoms with Crippen LogP contribution in [0.3, 0.4) is 0 Å². The van der Waals surface area contributed by atoms with Gasteiger partial charge in [-0.1, -0.05) is 23.9 Å². The van der Waals surface area contributed by atoms with Crippen molar-refractivity contribution in [2.75, 3.05) is 0 Å². The second-order valence-corrected chi connectivity index (χ2v) is 11.2. The van der Waals surface area contributed by atoms with Crippen LogP contribution in [-0.2, 0) is 25.4 Å². The fraction of sp³-hybridized carbons (Fsp3) is 0.188. The van der Waals surface area contributed by atoms with Crippen molar-refractivity contribution in [2.45, 2.75) is 18.4 Å². The number of hydrogen-bond acceptors (Lipinski definition) is 8. The van der Waals surface area contributed by atoms with E-state index in [-0.39, 0.29) is 22.1 Å². The molecule has 30 heavy (non-hydrogen) atoms. The van der Waals surface area contributed by atoms with Gasteiger partial charge in [0.05, 0.1) is 24.5 Å². The Morgan fingerprint density at radius 1 is 1.00 bits per heavy atom. The lowest BCUT2D eigenvalue weighted by Crippen LogP contribution is -1.97. The van der Waals surface area contributed by atoms with E-state index in [2.05, 4.69) is 31.9 Å². The number of nitrogens with zero attached hydrogens (tertiary/aromatic N) is 2. The van der Waals surface area contributed by atoms with Crippen LogP contribution in [0, 0.1) is 20.2 Å². The van der Waals surface area contributed by atoms with Crippen molar-refractivity contribution < 1.29 is 23.1 Å². The molecule has 0 bridgehead atoms. The topological polar surface area (TPSA) is 137 Å². The highest BCUT2D eigenvalue weighted by Gasteiger charge is 2.15. The van der Waals surface area contributed by atoms with Gasteiger partial charge in [-0.2, -0.15) is 0 Å². The molecule has 0 spiro atoms. The Hall–Kier alpha value is -1.54. The molecule has 2 aromatic rings. The van der Waals surface area contributed by atoms with Gasteiger partial charge in [0.1, 0.15) is 0 Å². The van der Waals surface area contributed by atoms with Crippen molar-refractivity contribution in [2.24, 2.45) is 0 Å². The molecule has 2 rings (SSSR count). The van der Waals surface area contributed by atoms with Crippen LogP contribution in [0.4, 0.5) is 11.4 Å². The summed E-state index contributed by atoms with van der Waals surface area (Å²) in [6.45, 7) is 1.47. The summed E-state index contributed by atoms with van der Waals surface area (Å²) in [6.07, 6.45) is 0. The van der Waals surface area contributed by atoms with Crippen molar-refractivity contribution in [3.05, 3.63) is 76.7 Å². The summed E-state index contributed by atoms with van der Waals surface area (Å²) in [4.78, 5) is 30.8. The van der Waals surface area contributed by atoms with Crippen LogP contribution in [0.15, 0.2) is 45.3 Å². The minimum atomic E-state index is -3.70. The molecule has 2 aromatic carbocycles. The van der Waals surface area contributed by atoms with Crippen LogP contribution >= 0.6 is 54.3 Å². The Labute approximate surface area is 197 Å². The Balaban J connectivity index is 0.000000300. The summed E-state index contributed by atoms with van der Waals surface area (Å²) < 4.78 is 22.2. The maximum absolute atomic E-state index is 10.8. The van der Waals surface area contributed by atoms with Crippen LogP contribution in [0.1, 0.15) is 18.1 Å². The Bertz CT molecular complexity index is 1080. The minimum absolute atomic E-state index is 0.000529. The first-order chi connectivity index (χ1) is 13.8. The van der Waals surface area contributed by atoms with E-state index >= 15 is 0 Å². The number of carbonyl (C=O) groups is 1. The Kier molecular flexibility index (Phi) is 10.4. The highest BCUT2D eigenvalue weighted by Crippen LogP contribution is 2.28. The summed E-state index contributed by atoms with van der Waals surface area (Å²) in [6, 6.07) is 8.89. The second-order valence-electron chi connectivity index (χ2n) is 5.55. The standard InChI is InChI=1S/C9H8BrNO3S.C7H5BrClNO4S/c1-6(12)15-5-7-2-3-8(10)9(4-7)11(13)14;8-6-2-1-5(4-15(9,13)14)3-7(6)10(11)12/h2-4H,5H2,1H3;1-3H,4H2. The van der Waals surface area contributed by atoms with Crippen molar-refractivity contribution in [3.8, 4) is 0 Å². The number of nitro benzene ring substituents is 2. The predicted octanol–water partition coefficient (Wildman–Crippen LogP) is 5.56. The van der Waals surface area contributed by atoms with Crippen molar-refractivity contribution >= 4 is 79.8 Å². The maximum Gasteiger partial charge on any atom is 0.283 e. The van der Waals surface area contributed by atoms with E-state index in [4.69, 9.17) is 10.7 Å². The summed E-state index contributed by atoms with van der Waals surface area (Å²) >= 11 is 7.22. The van der Waals surface area contributed by atoms with E-state index < -0.39 is 24.7 Å². The van der Waals surface area contributed by atoms with E-state index in [0.29, 0.717) is 14.7 Å². The number of thioether (sulfide) groups is 1. The van der Waals surface area contributed by atoms with Gasteiger partial charge in [-0.3, -0.25) is 25.0 Å². The molecule has 0 fully saturated rings. The molecular weight excluding hydrogens is 592 g/mol. The van der Waals surface area contributed by atoms with Gasteiger partial charge in [0.25, 0.3) is 11.4 Å². The van der Waals surface area contributed by atoms with Gasteiger partial charge in [0, 0.05) is 35.5 Å². The molecule has 0 radical (unpaired) electrons. The third-order valence-corrected chi connectivity index (χ3v) is 6.43. The zero-order valence-electron chi connectivity index (χ0n) is 15.1. The number of nitro groups is 2. The van der Waals surface area contributed by atoms with Crippen LogP contribution in [0.2, 0.25) is 0 Å². The number of halogens is 3. The highest BCUT2D eigenvalue weighted by molar-refractivity contribution is 9.11. The van der Waals surface area contributed by atoms with E-state index in [1.165, 1.54) is 31.2 Å². The first-order valence-electron chi connectivity index (χ1n) is 7.71. The molecule has 0 saturated heterocycles. The lowest BCUT2D eigenvalue weighted by atomic mass is 10.2. The Morgan fingerprint density at radius 3 is 1.83 bits per heavy atom. The largest absolute Gasteiger partial charge is 0.288 e. The summed E-state index contributed by atoms with van der Waals surface area (Å²) in [5, 5.41) is 21.1. The first kappa shape index (κ1) is 26.5. The summed E-state index contributed by atoms with van der Waals surface area (Å²) in [5.41, 5.74) is 0.884. The molecular formula is C16H13Br2ClN2O7S2. The monoisotopic (exact) mass is 602 g/mol. The number of benzene rings is 2. The molecule has 162 valence electrons. The lowest BCUT2D eigenvalue weighted by Gasteiger charge is -2.00. The lowest BCUT2D eigenvalue weighted by molar-refractivity contribution is -0.385. The minimum Gasteiger partial charge on any atom is -0.288 e. The van der Waals surface area contributed by atoms with Gasteiger partial charge >= 0.3 is 0 Å². The quantitative estimate of drug-likeness (QED) is 0.237. The molecule has 0 aliphatic rings. The van der Waals surface area contributed by atoms with Gasteiger partial charge in [0.15, 0.2) is 5.12 Å². The molecule has 0 unspecified atom stereocenters. The third kappa shape index (κ3) is 9.51. The Morgan fingerprint density at radius 2 is 1.43 bits per heavy atom. The van der Waals surface area contributed by atoms with E-state index in [9.17, 15) is 33.4 Å². The first-order valence-corrected chi connectivity index (χ1v) is 12.8. The van der Waals surface area contributed by atoms with Crippen molar-refractivity contribution in [1.29, 1.82) is 0 Å². The zero-order chi connectivity index (χ0) is 23.1. The van der Waals surface area contributed by atoms with Crippen LogP contribution in [-0.4, -0.2) is 23.4 Å². The normalized spacial score (nSPS) is 10.7. The maximum atomic E-state index is 10.8. The number of hydrogen-bond donors (Lipinski definition) is 0. The molecule has 0 amide bonds. The van der Waals surface area contributed by atoms with Crippen LogP contribution < -0.4 is 0 Å². The molecule has 14 heteroatoms. The molecule has 0 aliphatic heterocycles. The molecule has 0 saturated carbocycles. The molecule has 0 aliphatic carbocycles. The number of rotatable bonds is 6. The van der Waals surface area contributed by atoms with E-state index in [0.717, 1.165) is 17.3 Å². The SMILES string of the molecule is CC(=O)SCc1ccc(Br)c([N+](=O)[O-])c1.O=[N+]([O-])c1cc(CS(=O)(=O)Cl)ccc1Br. The van der Waals surface area contributed by atoms with Crippen LogP contribution in [0.25, 0.3) is 0 Å². The fourth-order valence-corrected chi connectivity index (χ4v) is 4.25. The molecule has 0 N–H and O–H groups in total. The van der Waals surface area contributed by atoms with Gasteiger partial charge < -0.3 is 0 Å². The van der Waals surface area contributed by atoms with Crippen molar-refractivity contribution in [1.82, 2.24) is 0 Å². The molecule has 9 nitrogen and oxygen atoms in total. The average Bonchev–Trinajstić information content (AvgIpc) is 2.61. The molecule has 0 heterocycles. The van der Waals surface area contributed by atoms with Gasteiger partial charge in [-0.15, -0.1) is 0 Å². The highest BCUT2D eigenvalue weighted by atomic mass is 79.9. The molecule has 0 aromatic heterocycles. The van der Waals surface area contributed by atoms with E-state index in [1.807, 2.05) is 0 Å². The average molecular weight is 605 g/mol.